The van der Waals surface area contributed by atoms with Gasteiger partial charge in [0.1, 0.15) is 17.2 Å². The normalized spacial score (nSPS) is 13.9. The maximum atomic E-state index is 14.2. The number of rotatable bonds is 4. The molecule has 1 aliphatic heterocycles. The predicted octanol–water partition coefficient (Wildman–Crippen LogP) is 2.54. The highest BCUT2D eigenvalue weighted by Gasteiger charge is 2.26. The number of tetrazole rings is 1. The van der Waals surface area contributed by atoms with Gasteiger partial charge in [0, 0.05) is 18.5 Å². The Balaban J connectivity index is 1.59. The zero-order valence-corrected chi connectivity index (χ0v) is 16.3. The Labute approximate surface area is 171 Å². The average Bonchev–Trinajstić information content (AvgIpc) is 3.15. The van der Waals surface area contributed by atoms with E-state index in [4.69, 9.17) is 0 Å². The van der Waals surface area contributed by atoms with E-state index in [9.17, 15) is 14.0 Å². The lowest BCUT2D eigenvalue weighted by Crippen LogP contribution is -2.36. The molecule has 0 radical (unpaired) electrons. The Morgan fingerprint density at radius 1 is 1.13 bits per heavy atom. The van der Waals surface area contributed by atoms with E-state index in [0.29, 0.717) is 17.2 Å². The molecule has 4 rings (SSSR count). The number of nitrogens with zero attached hydrogens (tertiary/aromatic N) is 6. The molecule has 10 heteroatoms. The third-order valence-corrected chi connectivity index (χ3v) is 4.60. The Morgan fingerprint density at radius 2 is 1.97 bits per heavy atom. The molecule has 0 bridgehead atoms. The van der Waals surface area contributed by atoms with Crippen LogP contribution in [0, 0.1) is 19.7 Å². The van der Waals surface area contributed by atoms with Gasteiger partial charge in [-0.1, -0.05) is 12.1 Å². The molecule has 0 atom stereocenters. The molecule has 0 saturated carbocycles. The van der Waals surface area contributed by atoms with Gasteiger partial charge in [0.05, 0.1) is 5.69 Å². The van der Waals surface area contributed by atoms with Crippen LogP contribution in [0.15, 0.2) is 47.6 Å². The number of anilines is 2. The summed E-state index contributed by atoms with van der Waals surface area (Å²) in [5.74, 6) is -0.780. The Kier molecular flexibility index (Phi) is 5.05. The van der Waals surface area contributed by atoms with E-state index in [1.807, 2.05) is 25.1 Å². The van der Waals surface area contributed by atoms with Gasteiger partial charge >= 0.3 is 0 Å². The molecule has 0 saturated heterocycles. The van der Waals surface area contributed by atoms with Crippen molar-refractivity contribution < 1.29 is 14.0 Å². The lowest BCUT2D eigenvalue weighted by atomic mass is 10.1. The predicted molar refractivity (Wildman–Crippen MR) is 108 cm³/mol. The third kappa shape index (κ3) is 3.79. The molecule has 2 heterocycles. The van der Waals surface area contributed by atoms with Crippen molar-refractivity contribution in [3.05, 3.63) is 59.7 Å². The van der Waals surface area contributed by atoms with E-state index in [1.165, 1.54) is 27.9 Å². The molecule has 3 aromatic rings. The summed E-state index contributed by atoms with van der Waals surface area (Å²) in [4.78, 5) is 25.0. The second-order valence-corrected chi connectivity index (χ2v) is 6.85. The van der Waals surface area contributed by atoms with Crippen LogP contribution in [0.5, 0.6) is 0 Å². The summed E-state index contributed by atoms with van der Waals surface area (Å²) < 4.78 is 15.5. The molecule has 0 spiro atoms. The Morgan fingerprint density at radius 3 is 2.70 bits per heavy atom. The first-order valence-electron chi connectivity index (χ1n) is 9.26. The first kappa shape index (κ1) is 19.4. The number of amides is 2. The highest BCUT2D eigenvalue weighted by molar-refractivity contribution is 6.44. The van der Waals surface area contributed by atoms with E-state index in [-0.39, 0.29) is 30.1 Å². The fourth-order valence-corrected chi connectivity index (χ4v) is 3.09. The molecule has 9 nitrogen and oxygen atoms in total. The van der Waals surface area contributed by atoms with Crippen LogP contribution in [-0.2, 0) is 9.59 Å². The van der Waals surface area contributed by atoms with Gasteiger partial charge in [0.15, 0.2) is 5.82 Å². The second kappa shape index (κ2) is 7.82. The van der Waals surface area contributed by atoms with Gasteiger partial charge in [-0.05, 0) is 60.2 Å². The van der Waals surface area contributed by atoms with Crippen molar-refractivity contribution >= 4 is 28.9 Å². The molecule has 1 N–H and O–H groups in total. The van der Waals surface area contributed by atoms with Gasteiger partial charge in [-0.2, -0.15) is 9.78 Å². The van der Waals surface area contributed by atoms with Gasteiger partial charge in [-0.3, -0.25) is 9.59 Å². The molecular formula is C20H18FN7O2. The number of nitrogens with one attached hydrogen (secondary N) is 1. The van der Waals surface area contributed by atoms with Gasteiger partial charge < -0.3 is 5.32 Å². The lowest BCUT2D eigenvalue weighted by molar-refractivity contribution is -0.118. The van der Waals surface area contributed by atoms with Crippen LogP contribution in [0.1, 0.15) is 24.2 Å². The van der Waals surface area contributed by atoms with Crippen molar-refractivity contribution in [2.45, 2.75) is 26.7 Å². The molecule has 0 unspecified atom stereocenters. The van der Waals surface area contributed by atoms with Crippen LogP contribution in [0.2, 0.25) is 0 Å². The molecule has 152 valence electrons. The van der Waals surface area contributed by atoms with Crippen molar-refractivity contribution in [1.82, 2.24) is 20.2 Å². The highest BCUT2D eigenvalue weighted by Crippen LogP contribution is 2.23. The first-order chi connectivity index (χ1) is 14.4. The smallest absolute Gasteiger partial charge is 0.271 e. The summed E-state index contributed by atoms with van der Waals surface area (Å²) in [6, 6.07) is 11.4. The summed E-state index contributed by atoms with van der Waals surface area (Å²) >= 11 is 0. The van der Waals surface area contributed by atoms with E-state index in [2.05, 4.69) is 25.9 Å². The van der Waals surface area contributed by atoms with Gasteiger partial charge in [0.25, 0.3) is 5.91 Å². The summed E-state index contributed by atoms with van der Waals surface area (Å²) in [5.41, 5.74) is 2.25. The molecule has 0 aliphatic carbocycles. The number of halogens is 1. The van der Waals surface area contributed by atoms with Crippen LogP contribution in [-0.4, -0.2) is 37.7 Å². The molecule has 1 aliphatic rings. The maximum Gasteiger partial charge on any atom is 0.271 e. The zero-order chi connectivity index (χ0) is 21.3. The maximum absolute atomic E-state index is 14.2. The van der Waals surface area contributed by atoms with Crippen molar-refractivity contribution in [2.24, 2.45) is 5.10 Å². The Bertz CT molecular complexity index is 1170. The topological polar surface area (TPSA) is 105 Å². The zero-order valence-electron chi connectivity index (χ0n) is 16.3. The molecule has 2 aromatic carbocycles. The summed E-state index contributed by atoms with van der Waals surface area (Å²) in [5, 5.41) is 19.2. The standard InChI is InChI=1S/C20H18FN7O2/c1-12-4-3-5-15(10-12)28-19(29)9-8-17(24-28)20(30)22-14-6-7-16(21)18(11-14)27-13(2)23-25-26-27/h3-7,10-11H,8-9H2,1-2H3,(H,22,30). The molecule has 0 fully saturated rings. The van der Waals surface area contributed by atoms with Gasteiger partial charge in [0.2, 0.25) is 5.91 Å². The minimum atomic E-state index is -0.533. The number of benzene rings is 2. The van der Waals surface area contributed by atoms with Crippen LogP contribution in [0.3, 0.4) is 0 Å². The average molecular weight is 407 g/mol. The number of aryl methyl sites for hydroxylation is 2. The minimum Gasteiger partial charge on any atom is -0.321 e. The number of carbonyl (C=O) groups excluding carboxylic acids is 2. The molecular weight excluding hydrogens is 389 g/mol. The van der Waals surface area contributed by atoms with Crippen molar-refractivity contribution in [3.63, 3.8) is 0 Å². The van der Waals surface area contributed by atoms with Crippen LogP contribution in [0.4, 0.5) is 15.8 Å². The summed E-state index contributed by atoms with van der Waals surface area (Å²) in [6.07, 6.45) is 0.381. The quantitative estimate of drug-likeness (QED) is 0.716. The van der Waals surface area contributed by atoms with Gasteiger partial charge in [-0.25, -0.2) is 9.40 Å². The SMILES string of the molecule is Cc1cccc(N2N=C(C(=O)Nc3ccc(F)c(-n4nnnc4C)c3)CCC2=O)c1. The first-order valence-corrected chi connectivity index (χ1v) is 9.26. The third-order valence-electron chi connectivity index (χ3n) is 4.60. The largest absolute Gasteiger partial charge is 0.321 e. The second-order valence-electron chi connectivity index (χ2n) is 6.85. The van der Waals surface area contributed by atoms with Crippen LogP contribution < -0.4 is 10.3 Å². The lowest BCUT2D eigenvalue weighted by Gasteiger charge is -2.23. The number of carbonyl (C=O) groups is 2. The Hall–Kier alpha value is -3.95. The van der Waals surface area contributed by atoms with Crippen molar-refractivity contribution in [2.75, 3.05) is 10.3 Å². The van der Waals surface area contributed by atoms with E-state index >= 15 is 0 Å². The van der Waals surface area contributed by atoms with E-state index in [0.717, 1.165) is 5.56 Å². The molecule has 1 aromatic heterocycles. The van der Waals surface area contributed by atoms with Gasteiger partial charge in [-0.15, -0.1) is 5.10 Å². The van der Waals surface area contributed by atoms with Crippen LogP contribution >= 0.6 is 0 Å². The fourth-order valence-electron chi connectivity index (χ4n) is 3.09. The van der Waals surface area contributed by atoms with Crippen LogP contribution in [0.25, 0.3) is 5.69 Å². The molecule has 30 heavy (non-hydrogen) atoms. The number of aromatic nitrogens is 4. The number of hydrogen-bond acceptors (Lipinski definition) is 6. The van der Waals surface area contributed by atoms with Crippen molar-refractivity contribution in [1.29, 1.82) is 0 Å². The van der Waals surface area contributed by atoms with Crippen molar-refractivity contribution in [3.8, 4) is 5.69 Å². The van der Waals surface area contributed by atoms with E-state index < -0.39 is 11.7 Å². The monoisotopic (exact) mass is 407 g/mol. The number of hydrazone groups is 1. The minimum absolute atomic E-state index is 0.109. The summed E-state index contributed by atoms with van der Waals surface area (Å²) in [7, 11) is 0. The summed E-state index contributed by atoms with van der Waals surface area (Å²) in [6.45, 7) is 3.55. The number of hydrogen-bond donors (Lipinski definition) is 1. The molecule has 2 amide bonds. The van der Waals surface area contributed by atoms with E-state index in [1.54, 1.807) is 13.0 Å². The fraction of sp³-hybridized carbons (Fsp3) is 0.200. The highest BCUT2D eigenvalue weighted by atomic mass is 19.1.